The maximum Gasteiger partial charge on any atom is 0.252 e. The fraction of sp³-hybridized carbons (Fsp3) is 0. The molecule has 3 aromatic rings. The number of hydrogen-bond donors (Lipinski definition) is 3. The van der Waals surface area contributed by atoms with Crippen LogP contribution < -0.4 is 16.6 Å². The minimum absolute atomic E-state index is 0.193. The Bertz CT molecular complexity index is 763. The summed E-state index contributed by atoms with van der Waals surface area (Å²) >= 11 is 1.54. The molecule has 0 unspecified atom stereocenters. The molecule has 4 N–H and O–H groups in total. The van der Waals surface area contributed by atoms with Gasteiger partial charge in [0.05, 0.1) is 10.6 Å². The Labute approximate surface area is 119 Å². The molecular weight excluding hydrogens is 272 g/mol. The summed E-state index contributed by atoms with van der Waals surface area (Å²) in [6, 6.07) is 12.6. The number of thiophene rings is 1. The van der Waals surface area contributed by atoms with Crippen LogP contribution in [0.1, 0.15) is 0 Å². The standard InChI is InChI=1S/C14H12N4OS/c15-9-3-5-10(6-4-9)16-14-17-11(8-13(19)18-14)12-2-1-7-20-12/h1-8H,15H2,(H2,16,17,18,19). The van der Waals surface area contributed by atoms with Crippen LogP contribution >= 0.6 is 11.3 Å². The number of anilines is 3. The molecule has 0 aliphatic heterocycles. The van der Waals surface area contributed by atoms with Gasteiger partial charge in [-0.25, -0.2) is 4.98 Å². The molecule has 5 nitrogen and oxygen atoms in total. The van der Waals surface area contributed by atoms with Gasteiger partial charge in [-0.15, -0.1) is 11.3 Å². The lowest BCUT2D eigenvalue weighted by Gasteiger charge is -2.06. The second-order valence-corrected chi connectivity index (χ2v) is 5.15. The van der Waals surface area contributed by atoms with Gasteiger partial charge in [-0.05, 0) is 35.7 Å². The van der Waals surface area contributed by atoms with Crippen LogP contribution in [-0.4, -0.2) is 9.97 Å². The van der Waals surface area contributed by atoms with Crippen molar-refractivity contribution >= 4 is 28.7 Å². The molecular formula is C14H12N4OS. The molecule has 20 heavy (non-hydrogen) atoms. The zero-order valence-electron chi connectivity index (χ0n) is 10.5. The zero-order chi connectivity index (χ0) is 13.9. The Kier molecular flexibility index (Phi) is 3.22. The highest BCUT2D eigenvalue weighted by Gasteiger charge is 2.05. The molecule has 0 amide bonds. The molecule has 2 heterocycles. The number of hydrogen-bond acceptors (Lipinski definition) is 5. The third-order valence-electron chi connectivity index (χ3n) is 2.69. The van der Waals surface area contributed by atoms with Crippen LogP contribution in [0.25, 0.3) is 10.6 Å². The number of nitrogens with two attached hydrogens (primary N) is 1. The van der Waals surface area contributed by atoms with Crippen LogP contribution in [0.4, 0.5) is 17.3 Å². The second kappa shape index (κ2) is 5.18. The maximum atomic E-state index is 11.7. The first-order chi connectivity index (χ1) is 9.70. The zero-order valence-corrected chi connectivity index (χ0v) is 11.3. The second-order valence-electron chi connectivity index (χ2n) is 4.20. The lowest BCUT2D eigenvalue weighted by molar-refractivity contribution is 1.13. The average Bonchev–Trinajstić information content (AvgIpc) is 2.95. The molecule has 1 aromatic carbocycles. The first kappa shape index (κ1) is 12.4. The Morgan fingerprint density at radius 1 is 1.20 bits per heavy atom. The van der Waals surface area contributed by atoms with Crippen molar-refractivity contribution in [2.45, 2.75) is 0 Å². The van der Waals surface area contributed by atoms with Crippen molar-refractivity contribution < 1.29 is 0 Å². The van der Waals surface area contributed by atoms with E-state index in [4.69, 9.17) is 5.73 Å². The molecule has 6 heteroatoms. The first-order valence-corrected chi connectivity index (χ1v) is 6.86. The van der Waals surface area contributed by atoms with Crippen molar-refractivity contribution in [3.8, 4) is 10.6 Å². The van der Waals surface area contributed by atoms with E-state index in [9.17, 15) is 4.79 Å². The van der Waals surface area contributed by atoms with Gasteiger partial charge < -0.3 is 11.1 Å². The average molecular weight is 284 g/mol. The van der Waals surface area contributed by atoms with Crippen LogP contribution in [0, 0.1) is 0 Å². The predicted octanol–water partition coefficient (Wildman–Crippen LogP) is 2.82. The smallest absolute Gasteiger partial charge is 0.252 e. The van der Waals surface area contributed by atoms with E-state index in [1.165, 1.54) is 6.07 Å². The quantitative estimate of drug-likeness (QED) is 0.646. The summed E-state index contributed by atoms with van der Waals surface area (Å²) in [6.07, 6.45) is 0. The Morgan fingerprint density at radius 3 is 2.70 bits per heavy atom. The van der Waals surface area contributed by atoms with Crippen LogP contribution in [0.15, 0.2) is 52.6 Å². The summed E-state index contributed by atoms with van der Waals surface area (Å²) in [5.74, 6) is 0.408. The van der Waals surface area contributed by atoms with Crippen LogP contribution in [-0.2, 0) is 0 Å². The Balaban J connectivity index is 1.94. The van der Waals surface area contributed by atoms with E-state index < -0.39 is 0 Å². The highest BCUT2D eigenvalue weighted by Crippen LogP contribution is 2.22. The molecule has 0 bridgehead atoms. The Morgan fingerprint density at radius 2 is 2.00 bits per heavy atom. The minimum atomic E-state index is -0.193. The number of rotatable bonds is 3. The number of benzene rings is 1. The minimum Gasteiger partial charge on any atom is -0.399 e. The van der Waals surface area contributed by atoms with Gasteiger partial charge in [0.1, 0.15) is 0 Å². The molecule has 0 aliphatic rings. The van der Waals surface area contributed by atoms with E-state index in [-0.39, 0.29) is 5.56 Å². The summed E-state index contributed by atoms with van der Waals surface area (Å²) in [4.78, 5) is 19.7. The lowest BCUT2D eigenvalue weighted by atomic mass is 10.3. The van der Waals surface area contributed by atoms with Gasteiger partial charge in [0, 0.05) is 17.4 Å². The summed E-state index contributed by atoms with van der Waals surface area (Å²) in [6.45, 7) is 0. The van der Waals surface area contributed by atoms with Crippen molar-refractivity contribution in [2.75, 3.05) is 11.1 Å². The number of nitrogens with one attached hydrogen (secondary N) is 2. The number of aromatic nitrogens is 2. The van der Waals surface area contributed by atoms with E-state index in [1.807, 2.05) is 29.6 Å². The molecule has 0 radical (unpaired) electrons. The highest BCUT2D eigenvalue weighted by atomic mass is 32.1. The fourth-order valence-electron chi connectivity index (χ4n) is 1.77. The van der Waals surface area contributed by atoms with Gasteiger partial charge >= 0.3 is 0 Å². The van der Waals surface area contributed by atoms with E-state index in [2.05, 4.69) is 15.3 Å². The number of aromatic amines is 1. The van der Waals surface area contributed by atoms with Gasteiger partial charge in [-0.1, -0.05) is 6.07 Å². The van der Waals surface area contributed by atoms with Gasteiger partial charge in [0.15, 0.2) is 0 Å². The molecule has 0 spiro atoms. The van der Waals surface area contributed by atoms with E-state index in [1.54, 1.807) is 23.5 Å². The van der Waals surface area contributed by atoms with Crippen molar-refractivity contribution in [2.24, 2.45) is 0 Å². The Hall–Kier alpha value is -2.60. The summed E-state index contributed by atoms with van der Waals surface area (Å²) in [5, 5.41) is 5.01. The first-order valence-electron chi connectivity index (χ1n) is 5.98. The van der Waals surface area contributed by atoms with Crippen molar-refractivity contribution in [1.82, 2.24) is 9.97 Å². The van der Waals surface area contributed by atoms with E-state index in [0.717, 1.165) is 10.6 Å². The third kappa shape index (κ3) is 2.70. The molecule has 0 atom stereocenters. The van der Waals surface area contributed by atoms with Gasteiger partial charge in [0.2, 0.25) is 5.95 Å². The molecule has 0 saturated carbocycles. The maximum absolute atomic E-state index is 11.7. The van der Waals surface area contributed by atoms with Crippen LogP contribution in [0.2, 0.25) is 0 Å². The summed E-state index contributed by atoms with van der Waals surface area (Å²) < 4.78 is 0. The largest absolute Gasteiger partial charge is 0.399 e. The molecule has 100 valence electrons. The lowest BCUT2D eigenvalue weighted by Crippen LogP contribution is -2.10. The van der Waals surface area contributed by atoms with E-state index in [0.29, 0.717) is 17.3 Å². The predicted molar refractivity (Wildman–Crippen MR) is 82.3 cm³/mol. The molecule has 0 saturated heterocycles. The normalized spacial score (nSPS) is 10.4. The van der Waals surface area contributed by atoms with Crippen LogP contribution in [0.3, 0.4) is 0 Å². The van der Waals surface area contributed by atoms with Crippen molar-refractivity contribution in [1.29, 1.82) is 0 Å². The van der Waals surface area contributed by atoms with E-state index >= 15 is 0 Å². The molecule has 0 fully saturated rings. The van der Waals surface area contributed by atoms with Gasteiger partial charge in [0.25, 0.3) is 5.56 Å². The summed E-state index contributed by atoms with van der Waals surface area (Å²) in [5.41, 5.74) is 7.59. The summed E-state index contributed by atoms with van der Waals surface area (Å²) in [7, 11) is 0. The molecule has 3 rings (SSSR count). The number of H-pyrrole nitrogens is 1. The van der Waals surface area contributed by atoms with Crippen molar-refractivity contribution in [3.05, 3.63) is 58.2 Å². The third-order valence-corrected chi connectivity index (χ3v) is 3.58. The SMILES string of the molecule is Nc1ccc(Nc2nc(-c3cccs3)cc(=O)[nH]2)cc1. The monoisotopic (exact) mass is 284 g/mol. The van der Waals surface area contributed by atoms with Gasteiger partial charge in [-0.2, -0.15) is 0 Å². The molecule has 2 aromatic heterocycles. The van der Waals surface area contributed by atoms with Crippen LogP contribution in [0.5, 0.6) is 0 Å². The molecule has 0 aliphatic carbocycles. The van der Waals surface area contributed by atoms with Gasteiger partial charge in [-0.3, -0.25) is 9.78 Å². The number of nitrogens with zero attached hydrogens (tertiary/aromatic N) is 1. The van der Waals surface area contributed by atoms with Crippen molar-refractivity contribution in [3.63, 3.8) is 0 Å². The topological polar surface area (TPSA) is 83.8 Å². The number of nitrogen functional groups attached to an aromatic ring is 1. The fourth-order valence-corrected chi connectivity index (χ4v) is 2.46. The highest BCUT2D eigenvalue weighted by molar-refractivity contribution is 7.13.